The standard InChI is InChI=1S/C13H13BrFN/c1-7-2-5-11-8(6-7)12-10(15)4-3-9(14)13(12)16-11/h3-4,7,16H,2,5-6H2,1H3. The molecule has 1 aromatic heterocycles. The summed E-state index contributed by atoms with van der Waals surface area (Å²) >= 11 is 3.47. The van der Waals surface area contributed by atoms with Crippen LogP contribution in [0.15, 0.2) is 16.6 Å². The lowest BCUT2D eigenvalue weighted by molar-refractivity contribution is 0.498. The van der Waals surface area contributed by atoms with Crippen LogP contribution in [0, 0.1) is 11.7 Å². The van der Waals surface area contributed by atoms with E-state index in [1.807, 2.05) is 0 Å². The maximum atomic E-state index is 13.9. The molecule has 1 nitrogen and oxygen atoms in total. The molecule has 0 saturated heterocycles. The minimum absolute atomic E-state index is 0.107. The van der Waals surface area contributed by atoms with Gasteiger partial charge in [0, 0.05) is 15.6 Å². The third-order valence-corrected chi connectivity index (χ3v) is 4.15. The second kappa shape index (κ2) is 3.59. The molecule has 0 bridgehead atoms. The van der Waals surface area contributed by atoms with Crippen LogP contribution >= 0.6 is 15.9 Å². The van der Waals surface area contributed by atoms with Crippen molar-refractivity contribution in [2.75, 3.05) is 0 Å². The fourth-order valence-corrected chi connectivity index (χ4v) is 3.06. The Hall–Kier alpha value is -0.830. The Morgan fingerprint density at radius 1 is 1.44 bits per heavy atom. The molecule has 3 heteroatoms. The third-order valence-electron chi connectivity index (χ3n) is 3.49. The normalized spacial score (nSPS) is 20.1. The first kappa shape index (κ1) is 10.3. The summed E-state index contributed by atoms with van der Waals surface area (Å²) in [6.07, 6.45) is 3.22. The average Bonchev–Trinajstić information content (AvgIpc) is 2.63. The molecule has 1 heterocycles. The van der Waals surface area contributed by atoms with Gasteiger partial charge < -0.3 is 4.98 Å². The molecule has 0 spiro atoms. The summed E-state index contributed by atoms with van der Waals surface area (Å²) in [5.41, 5.74) is 3.32. The van der Waals surface area contributed by atoms with Gasteiger partial charge in [0.1, 0.15) is 5.82 Å². The molecule has 1 unspecified atom stereocenters. The van der Waals surface area contributed by atoms with E-state index >= 15 is 0 Å². The van der Waals surface area contributed by atoms with Gasteiger partial charge in [-0.05, 0) is 58.8 Å². The largest absolute Gasteiger partial charge is 0.357 e. The molecule has 16 heavy (non-hydrogen) atoms. The molecule has 3 rings (SSSR count). The Morgan fingerprint density at radius 2 is 2.25 bits per heavy atom. The van der Waals surface area contributed by atoms with Gasteiger partial charge in [-0.15, -0.1) is 0 Å². The predicted molar refractivity (Wildman–Crippen MR) is 67.1 cm³/mol. The number of hydrogen-bond acceptors (Lipinski definition) is 0. The van der Waals surface area contributed by atoms with Crippen LogP contribution in [0.2, 0.25) is 0 Å². The topological polar surface area (TPSA) is 15.8 Å². The van der Waals surface area contributed by atoms with Crippen LogP contribution in [-0.2, 0) is 12.8 Å². The Bertz CT molecular complexity index is 559. The van der Waals surface area contributed by atoms with E-state index in [1.165, 1.54) is 17.7 Å². The van der Waals surface area contributed by atoms with Crippen LogP contribution < -0.4 is 0 Å². The van der Waals surface area contributed by atoms with Crippen LogP contribution in [0.4, 0.5) is 4.39 Å². The van der Waals surface area contributed by atoms with Crippen molar-refractivity contribution in [3.63, 3.8) is 0 Å². The first-order chi connectivity index (χ1) is 7.66. The molecule has 0 radical (unpaired) electrons. The van der Waals surface area contributed by atoms with E-state index in [1.54, 1.807) is 12.1 Å². The summed E-state index contributed by atoms with van der Waals surface area (Å²) in [4.78, 5) is 3.36. The summed E-state index contributed by atoms with van der Waals surface area (Å²) in [7, 11) is 0. The van der Waals surface area contributed by atoms with Gasteiger partial charge in [-0.25, -0.2) is 4.39 Å². The van der Waals surface area contributed by atoms with E-state index in [4.69, 9.17) is 0 Å². The highest BCUT2D eigenvalue weighted by molar-refractivity contribution is 9.10. The Labute approximate surface area is 102 Å². The summed E-state index contributed by atoms with van der Waals surface area (Å²) in [5, 5.41) is 0.788. The molecule has 1 aliphatic rings. The number of aromatic nitrogens is 1. The Morgan fingerprint density at radius 3 is 3.06 bits per heavy atom. The van der Waals surface area contributed by atoms with Gasteiger partial charge in [-0.1, -0.05) is 6.92 Å². The molecular formula is C13H13BrFN. The zero-order chi connectivity index (χ0) is 11.3. The zero-order valence-electron chi connectivity index (χ0n) is 9.11. The van der Waals surface area contributed by atoms with Gasteiger partial charge in [0.15, 0.2) is 0 Å². The first-order valence-corrected chi connectivity index (χ1v) is 6.43. The lowest BCUT2D eigenvalue weighted by Crippen LogP contribution is -2.10. The molecule has 0 fully saturated rings. The van der Waals surface area contributed by atoms with E-state index in [2.05, 4.69) is 27.8 Å². The summed E-state index contributed by atoms with van der Waals surface area (Å²) in [6.45, 7) is 2.23. The molecule has 1 N–H and O–H groups in total. The highest BCUT2D eigenvalue weighted by atomic mass is 79.9. The number of H-pyrrole nitrogens is 1. The summed E-state index contributed by atoms with van der Waals surface area (Å²) in [6, 6.07) is 3.31. The van der Waals surface area contributed by atoms with Gasteiger partial charge >= 0.3 is 0 Å². The van der Waals surface area contributed by atoms with Gasteiger partial charge in [0.05, 0.1) is 5.52 Å². The van der Waals surface area contributed by atoms with E-state index < -0.39 is 0 Å². The molecule has 0 amide bonds. The minimum atomic E-state index is -0.107. The molecular weight excluding hydrogens is 269 g/mol. The molecule has 0 saturated carbocycles. The molecule has 1 aliphatic carbocycles. The maximum absolute atomic E-state index is 13.9. The molecule has 1 aromatic carbocycles. The van der Waals surface area contributed by atoms with Crippen molar-refractivity contribution in [3.8, 4) is 0 Å². The second-order valence-electron chi connectivity index (χ2n) is 4.71. The SMILES string of the molecule is CC1CCc2[nH]c3c(Br)ccc(F)c3c2C1. The number of hydrogen-bond donors (Lipinski definition) is 1. The van der Waals surface area contributed by atoms with Crippen LogP contribution in [0.25, 0.3) is 10.9 Å². The number of fused-ring (bicyclic) bond motifs is 3. The van der Waals surface area contributed by atoms with E-state index in [-0.39, 0.29) is 5.82 Å². The van der Waals surface area contributed by atoms with E-state index in [9.17, 15) is 4.39 Å². The van der Waals surface area contributed by atoms with Crippen LogP contribution in [0.3, 0.4) is 0 Å². The molecule has 1 atom stereocenters. The fourth-order valence-electron chi connectivity index (χ4n) is 2.63. The van der Waals surface area contributed by atoms with Crippen molar-refractivity contribution < 1.29 is 4.39 Å². The van der Waals surface area contributed by atoms with E-state index in [0.29, 0.717) is 5.92 Å². The zero-order valence-corrected chi connectivity index (χ0v) is 10.7. The van der Waals surface area contributed by atoms with Crippen molar-refractivity contribution in [2.45, 2.75) is 26.2 Å². The Kier molecular flexibility index (Phi) is 2.32. The minimum Gasteiger partial charge on any atom is -0.357 e. The van der Waals surface area contributed by atoms with Crippen LogP contribution in [-0.4, -0.2) is 4.98 Å². The van der Waals surface area contributed by atoms with Crippen molar-refractivity contribution in [1.82, 2.24) is 4.98 Å². The van der Waals surface area contributed by atoms with E-state index in [0.717, 1.165) is 28.2 Å². The monoisotopic (exact) mass is 281 g/mol. The summed E-state index contributed by atoms with van der Waals surface area (Å²) in [5.74, 6) is 0.551. The highest BCUT2D eigenvalue weighted by Crippen LogP contribution is 2.35. The van der Waals surface area contributed by atoms with Gasteiger partial charge in [-0.2, -0.15) is 0 Å². The lowest BCUT2D eigenvalue weighted by Gasteiger charge is -2.18. The van der Waals surface area contributed by atoms with Crippen molar-refractivity contribution in [2.24, 2.45) is 5.92 Å². The van der Waals surface area contributed by atoms with Crippen LogP contribution in [0.1, 0.15) is 24.6 Å². The number of aromatic amines is 1. The van der Waals surface area contributed by atoms with Gasteiger partial charge in [0.25, 0.3) is 0 Å². The quantitative estimate of drug-likeness (QED) is 0.745. The van der Waals surface area contributed by atoms with Gasteiger partial charge in [-0.3, -0.25) is 0 Å². The maximum Gasteiger partial charge on any atom is 0.132 e. The highest BCUT2D eigenvalue weighted by Gasteiger charge is 2.22. The molecule has 2 aromatic rings. The van der Waals surface area contributed by atoms with Crippen molar-refractivity contribution >= 4 is 26.8 Å². The van der Waals surface area contributed by atoms with Crippen molar-refractivity contribution in [1.29, 1.82) is 0 Å². The molecule has 0 aliphatic heterocycles. The smallest absolute Gasteiger partial charge is 0.132 e. The second-order valence-corrected chi connectivity index (χ2v) is 5.56. The first-order valence-electron chi connectivity index (χ1n) is 5.64. The predicted octanol–water partition coefficient (Wildman–Crippen LogP) is 4.19. The summed E-state index contributed by atoms with van der Waals surface area (Å²) < 4.78 is 14.8. The molecule has 84 valence electrons. The van der Waals surface area contributed by atoms with Gasteiger partial charge in [0.2, 0.25) is 0 Å². The number of halogens is 2. The Balaban J connectivity index is 2.34. The average molecular weight is 282 g/mol. The van der Waals surface area contributed by atoms with Crippen LogP contribution in [0.5, 0.6) is 0 Å². The number of benzene rings is 1. The van der Waals surface area contributed by atoms with Crippen molar-refractivity contribution in [3.05, 3.63) is 33.7 Å². The number of nitrogens with one attached hydrogen (secondary N) is 1. The number of rotatable bonds is 0. The third kappa shape index (κ3) is 1.41. The fraction of sp³-hybridized carbons (Fsp3) is 0.385. The number of aryl methyl sites for hydroxylation is 1. The lowest BCUT2D eigenvalue weighted by atomic mass is 9.88.